The first-order chi connectivity index (χ1) is 19.7. The third-order valence-electron chi connectivity index (χ3n) is 8.40. The number of nitrogens with two attached hydrogens (primary N) is 3. The van der Waals surface area contributed by atoms with Crippen LogP contribution in [0.2, 0.25) is 0 Å². The molecule has 9 heteroatoms. The average molecular weight is 568 g/mol. The van der Waals surface area contributed by atoms with E-state index in [1.165, 1.54) is 11.3 Å². The van der Waals surface area contributed by atoms with E-state index in [2.05, 4.69) is 17.0 Å². The lowest BCUT2D eigenvalue weighted by molar-refractivity contribution is -0.124. The fourth-order valence-corrected chi connectivity index (χ4v) is 7.53. The number of benzene rings is 3. The zero-order chi connectivity index (χ0) is 28.9. The largest absolute Gasteiger partial charge is 0.457 e. The number of ketones is 1. The summed E-state index contributed by atoms with van der Waals surface area (Å²) < 4.78 is 6.70. The summed E-state index contributed by atoms with van der Waals surface area (Å²) in [4.78, 5) is 32.5. The fraction of sp³-hybridized carbons (Fsp3) is 0.281. The molecule has 4 atom stereocenters. The number of nitrogens with one attached hydrogen (secondary N) is 1. The van der Waals surface area contributed by atoms with E-state index in [4.69, 9.17) is 21.9 Å². The van der Waals surface area contributed by atoms with Crippen LogP contribution in [0.5, 0.6) is 11.5 Å². The summed E-state index contributed by atoms with van der Waals surface area (Å²) in [6, 6.07) is 17.2. The smallest absolute Gasteiger partial charge is 0.262 e. The number of anilines is 1. The van der Waals surface area contributed by atoms with Crippen LogP contribution in [0.25, 0.3) is 10.1 Å². The van der Waals surface area contributed by atoms with E-state index in [0.717, 1.165) is 31.2 Å². The summed E-state index contributed by atoms with van der Waals surface area (Å²) in [5, 5.41) is 3.82. The van der Waals surface area contributed by atoms with Gasteiger partial charge in [-0.1, -0.05) is 43.2 Å². The summed E-state index contributed by atoms with van der Waals surface area (Å²) in [7, 11) is 0. The molecule has 3 aromatic carbocycles. The number of nitrogen functional groups attached to an aromatic ring is 1. The van der Waals surface area contributed by atoms with Crippen LogP contribution in [0.1, 0.15) is 63.7 Å². The maximum Gasteiger partial charge on any atom is 0.262 e. The quantitative estimate of drug-likeness (QED) is 0.188. The highest BCUT2D eigenvalue weighted by molar-refractivity contribution is 7.21. The second kappa shape index (κ2) is 10.4. The van der Waals surface area contributed by atoms with E-state index in [1.54, 1.807) is 18.2 Å². The standard InChI is InChI=1S/C32H33N5O3S/c1-17-16-19(40-18-8-4-3-5-9-18)12-13-20(17)32(35)21-14-15-22(33)28-25(21)26(27(34)30(32)38)29(41-28)31(39)37-24-11-7-6-10-23(24)36-2/h3-5,8-9,12-16,23-24,27H,2,6-7,10-11,33-35H2,1H3,(H,37,39)/t23-,24+,27?,32?/m1/s1. The molecule has 7 N–H and O–H groups in total. The average Bonchev–Trinajstić information content (AvgIpc) is 3.38. The Labute approximate surface area is 242 Å². The molecular weight excluding hydrogens is 534 g/mol. The fourth-order valence-electron chi connectivity index (χ4n) is 6.33. The summed E-state index contributed by atoms with van der Waals surface area (Å²) in [5.41, 5.74) is 21.6. The molecule has 1 fully saturated rings. The van der Waals surface area contributed by atoms with Gasteiger partial charge in [0.05, 0.1) is 27.7 Å². The normalized spacial score (nSPS) is 23.8. The first-order valence-corrected chi connectivity index (χ1v) is 14.6. The lowest BCUT2D eigenvalue weighted by Crippen LogP contribution is -2.53. The molecule has 0 bridgehead atoms. The van der Waals surface area contributed by atoms with Gasteiger partial charge in [0.2, 0.25) is 0 Å². The van der Waals surface area contributed by atoms with Crippen molar-refractivity contribution in [2.45, 2.75) is 56.3 Å². The Hall–Kier alpha value is -4.05. The molecule has 41 heavy (non-hydrogen) atoms. The van der Waals surface area contributed by atoms with Crippen LogP contribution in [0.15, 0.2) is 65.7 Å². The molecule has 0 spiro atoms. The molecule has 210 valence electrons. The highest BCUT2D eigenvalue weighted by atomic mass is 32.1. The number of hydrogen-bond acceptors (Lipinski definition) is 8. The Morgan fingerprint density at radius 2 is 1.80 bits per heavy atom. The zero-order valence-electron chi connectivity index (χ0n) is 22.9. The molecule has 4 aromatic rings. The maximum absolute atomic E-state index is 14.2. The Morgan fingerprint density at radius 1 is 1.07 bits per heavy atom. The van der Waals surface area contributed by atoms with Crippen molar-refractivity contribution in [1.29, 1.82) is 0 Å². The molecule has 1 heterocycles. The number of Topliss-reactive ketones (excluding diaryl/α,β-unsaturated/α-hetero) is 1. The van der Waals surface area contributed by atoms with Gasteiger partial charge < -0.3 is 27.3 Å². The van der Waals surface area contributed by atoms with Crippen molar-refractivity contribution in [2.75, 3.05) is 5.73 Å². The topological polar surface area (TPSA) is 146 Å². The van der Waals surface area contributed by atoms with Crippen molar-refractivity contribution >= 4 is 45.5 Å². The first kappa shape index (κ1) is 27.1. The first-order valence-electron chi connectivity index (χ1n) is 13.8. The molecule has 2 unspecified atom stereocenters. The molecule has 0 aliphatic heterocycles. The van der Waals surface area contributed by atoms with Gasteiger partial charge in [-0.05, 0) is 73.5 Å². The van der Waals surface area contributed by atoms with Gasteiger partial charge in [0, 0.05) is 16.6 Å². The zero-order valence-corrected chi connectivity index (χ0v) is 23.7. The third-order valence-corrected chi connectivity index (χ3v) is 9.65. The molecule has 8 nitrogen and oxygen atoms in total. The summed E-state index contributed by atoms with van der Waals surface area (Å²) in [6.07, 6.45) is 3.77. The van der Waals surface area contributed by atoms with Crippen molar-refractivity contribution in [3.8, 4) is 11.5 Å². The minimum atomic E-state index is -1.54. The molecule has 1 amide bonds. The van der Waals surface area contributed by atoms with Crippen molar-refractivity contribution in [3.63, 3.8) is 0 Å². The van der Waals surface area contributed by atoms with Crippen molar-refractivity contribution in [3.05, 3.63) is 87.8 Å². The highest BCUT2D eigenvalue weighted by Gasteiger charge is 2.49. The summed E-state index contributed by atoms with van der Waals surface area (Å²) in [5.74, 6) is 0.668. The molecule has 2 aliphatic carbocycles. The SMILES string of the molecule is C=N[C@@H]1CCCC[C@@H]1NC(=O)c1sc2c(N)ccc3c2c1C(N)C(=O)C3(N)c1ccc(Oc2ccccc2)cc1C. The number of carbonyl (C=O) groups excluding carboxylic acids is 2. The van der Waals surface area contributed by atoms with Crippen LogP contribution in [-0.2, 0) is 10.3 Å². The van der Waals surface area contributed by atoms with Crippen LogP contribution >= 0.6 is 11.3 Å². The van der Waals surface area contributed by atoms with Gasteiger partial charge in [0.1, 0.15) is 17.0 Å². The van der Waals surface area contributed by atoms with Crippen LogP contribution in [0, 0.1) is 6.92 Å². The third kappa shape index (κ3) is 4.41. The number of aryl methyl sites for hydroxylation is 1. The number of carbonyl (C=O) groups is 2. The monoisotopic (exact) mass is 567 g/mol. The van der Waals surface area contributed by atoms with E-state index in [9.17, 15) is 9.59 Å². The minimum absolute atomic E-state index is 0.0390. The summed E-state index contributed by atoms with van der Waals surface area (Å²) in [6.45, 7) is 5.61. The predicted molar refractivity (Wildman–Crippen MR) is 164 cm³/mol. The van der Waals surface area contributed by atoms with Gasteiger partial charge in [-0.25, -0.2) is 0 Å². The van der Waals surface area contributed by atoms with Crippen LogP contribution < -0.4 is 27.3 Å². The van der Waals surface area contributed by atoms with Gasteiger partial charge in [-0.2, -0.15) is 0 Å². The summed E-state index contributed by atoms with van der Waals surface area (Å²) >= 11 is 1.25. The predicted octanol–water partition coefficient (Wildman–Crippen LogP) is 5.11. The van der Waals surface area contributed by atoms with Gasteiger partial charge >= 0.3 is 0 Å². The Bertz CT molecular complexity index is 1680. The number of aliphatic imine (C=N–C) groups is 1. The highest BCUT2D eigenvalue weighted by Crippen LogP contribution is 2.50. The van der Waals surface area contributed by atoms with Gasteiger partial charge in [-0.3, -0.25) is 14.6 Å². The molecule has 1 saturated carbocycles. The number of amides is 1. The number of hydrogen-bond donors (Lipinski definition) is 4. The lowest BCUT2D eigenvalue weighted by Gasteiger charge is -2.37. The number of nitrogens with zero attached hydrogens (tertiary/aromatic N) is 1. The molecule has 1 aromatic heterocycles. The minimum Gasteiger partial charge on any atom is -0.457 e. The van der Waals surface area contributed by atoms with Crippen LogP contribution in [-0.4, -0.2) is 30.5 Å². The number of para-hydroxylation sites is 1. The van der Waals surface area contributed by atoms with Crippen molar-refractivity contribution in [1.82, 2.24) is 5.32 Å². The maximum atomic E-state index is 14.2. The van der Waals surface area contributed by atoms with Gasteiger partial charge in [0.15, 0.2) is 5.78 Å². The van der Waals surface area contributed by atoms with Gasteiger partial charge in [-0.15, -0.1) is 11.3 Å². The van der Waals surface area contributed by atoms with E-state index in [-0.39, 0.29) is 23.8 Å². The van der Waals surface area contributed by atoms with Gasteiger partial charge in [0.25, 0.3) is 5.91 Å². The Balaban J connectivity index is 1.44. The van der Waals surface area contributed by atoms with E-state index in [0.29, 0.717) is 48.8 Å². The van der Waals surface area contributed by atoms with E-state index < -0.39 is 11.6 Å². The number of ether oxygens (including phenoxy) is 1. The van der Waals surface area contributed by atoms with Crippen LogP contribution in [0.3, 0.4) is 0 Å². The number of thiophene rings is 1. The second-order valence-electron chi connectivity index (χ2n) is 10.9. The van der Waals surface area contributed by atoms with Crippen molar-refractivity contribution < 1.29 is 14.3 Å². The molecular formula is C32H33N5O3S. The lowest BCUT2D eigenvalue weighted by atomic mass is 9.69. The Morgan fingerprint density at radius 3 is 2.54 bits per heavy atom. The molecule has 2 aliphatic rings. The molecule has 0 radical (unpaired) electrons. The number of rotatable bonds is 6. The van der Waals surface area contributed by atoms with E-state index >= 15 is 0 Å². The van der Waals surface area contributed by atoms with Crippen LogP contribution in [0.4, 0.5) is 5.69 Å². The molecule has 0 saturated heterocycles. The van der Waals surface area contributed by atoms with E-state index in [1.807, 2.05) is 49.4 Å². The Kier molecular flexibility index (Phi) is 6.89. The molecule has 6 rings (SSSR count). The second-order valence-corrected chi connectivity index (χ2v) is 11.9. The van der Waals surface area contributed by atoms with Crippen molar-refractivity contribution in [2.24, 2.45) is 16.5 Å².